The van der Waals surface area contributed by atoms with Gasteiger partial charge in [0.15, 0.2) is 0 Å². The Labute approximate surface area is 170 Å². The number of nitrogens with zero attached hydrogens (tertiary/aromatic N) is 4. The smallest absolute Gasteiger partial charge is 0.303 e. The number of rotatable bonds is 5. The molecule has 1 aliphatic heterocycles. The molecule has 0 amide bonds. The first-order chi connectivity index (χ1) is 13.8. The van der Waals surface area contributed by atoms with Gasteiger partial charge in [0.1, 0.15) is 0 Å². The summed E-state index contributed by atoms with van der Waals surface area (Å²) < 4.78 is 29.7. The molecule has 2 heterocycles. The molecule has 3 aromatic rings. The van der Waals surface area contributed by atoms with E-state index in [4.69, 9.17) is 0 Å². The highest BCUT2D eigenvalue weighted by molar-refractivity contribution is 7.90. The molecule has 9 heteroatoms. The molecule has 4 rings (SSSR count). The molecule has 8 nitrogen and oxygen atoms in total. The molecule has 0 bridgehead atoms. The Morgan fingerprint density at radius 3 is 2.41 bits per heavy atom. The number of hydrogen-bond acceptors (Lipinski definition) is 5. The van der Waals surface area contributed by atoms with Crippen molar-refractivity contribution >= 4 is 22.1 Å². The fraction of sp³-hybridized carbons (Fsp3) is 0.300. The lowest BCUT2D eigenvalue weighted by Gasteiger charge is -2.31. The molecule has 1 aromatic heterocycles. The van der Waals surface area contributed by atoms with Crippen LogP contribution in [0.2, 0.25) is 0 Å². The minimum Gasteiger partial charge on any atom is -0.347 e. The third-order valence-electron chi connectivity index (χ3n) is 5.05. The molecule has 0 radical (unpaired) electrons. The highest BCUT2D eigenvalue weighted by atomic mass is 32.2. The van der Waals surface area contributed by atoms with Crippen LogP contribution < -0.4 is 10.0 Å². The average Bonchev–Trinajstić information content (AvgIpc) is 3.10. The van der Waals surface area contributed by atoms with Gasteiger partial charge in [0.05, 0.1) is 12.1 Å². The van der Waals surface area contributed by atoms with Gasteiger partial charge in [-0.15, -0.1) is 5.10 Å². The number of hydrogen-bond donors (Lipinski definition) is 2. The number of aryl methyl sites for hydroxylation is 1. The van der Waals surface area contributed by atoms with Crippen LogP contribution in [0, 0.1) is 6.92 Å². The van der Waals surface area contributed by atoms with E-state index in [0.29, 0.717) is 5.95 Å². The van der Waals surface area contributed by atoms with Crippen LogP contribution in [0.4, 0.5) is 11.9 Å². The zero-order valence-corrected chi connectivity index (χ0v) is 17.4. The van der Waals surface area contributed by atoms with Crippen molar-refractivity contribution in [3.63, 3.8) is 0 Å². The summed E-state index contributed by atoms with van der Waals surface area (Å²) in [5.74, 6) is 0.583. The Hall–Kier alpha value is -2.91. The predicted molar refractivity (Wildman–Crippen MR) is 113 cm³/mol. The summed E-state index contributed by atoms with van der Waals surface area (Å²) in [7, 11) is -0.776. The maximum absolute atomic E-state index is 12.2. The second kappa shape index (κ2) is 7.49. The Balaban J connectivity index is 1.74. The van der Waals surface area contributed by atoms with E-state index in [1.807, 2.05) is 25.1 Å². The molecule has 0 saturated heterocycles. The van der Waals surface area contributed by atoms with E-state index >= 15 is 0 Å². The highest BCUT2D eigenvalue weighted by Gasteiger charge is 2.31. The van der Waals surface area contributed by atoms with Crippen LogP contribution in [-0.4, -0.2) is 41.6 Å². The van der Waals surface area contributed by atoms with Gasteiger partial charge >= 0.3 is 10.2 Å². The normalized spacial score (nSPS) is 18.9. The molecule has 0 unspecified atom stereocenters. The maximum atomic E-state index is 12.2. The lowest BCUT2D eigenvalue weighted by atomic mass is 9.93. The summed E-state index contributed by atoms with van der Waals surface area (Å²) >= 11 is 0. The van der Waals surface area contributed by atoms with Gasteiger partial charge in [-0.1, -0.05) is 60.2 Å². The van der Waals surface area contributed by atoms with Crippen molar-refractivity contribution < 1.29 is 8.42 Å². The van der Waals surface area contributed by atoms with E-state index in [9.17, 15) is 8.42 Å². The summed E-state index contributed by atoms with van der Waals surface area (Å²) in [5, 5.41) is 7.85. The lowest BCUT2D eigenvalue weighted by Crippen LogP contribution is -2.29. The standard InChI is InChI=1S/C20H24N6O2S/c1-14-9-11-16(12-10-14)18-13-17(15-7-5-4-6-8-15)21-20-22-19(23-26(18)20)24-29(27,28)25(2)3/h4-12,17-18H,13H2,1-3H3,(H2,21,22,23,24)/t17-,18+/m1/s1. The van der Waals surface area contributed by atoms with Crippen LogP contribution in [0.25, 0.3) is 0 Å². The Morgan fingerprint density at radius 2 is 1.76 bits per heavy atom. The Kier molecular flexibility index (Phi) is 5.01. The van der Waals surface area contributed by atoms with Crippen LogP contribution in [0.15, 0.2) is 54.6 Å². The molecule has 0 fully saturated rings. The van der Waals surface area contributed by atoms with Crippen molar-refractivity contribution in [1.82, 2.24) is 19.1 Å². The first-order valence-corrected chi connectivity index (χ1v) is 10.8. The molecule has 0 saturated carbocycles. The van der Waals surface area contributed by atoms with Crippen LogP contribution >= 0.6 is 0 Å². The zero-order chi connectivity index (χ0) is 20.6. The molecule has 0 aliphatic carbocycles. The van der Waals surface area contributed by atoms with E-state index < -0.39 is 10.2 Å². The van der Waals surface area contributed by atoms with Gasteiger partial charge < -0.3 is 5.32 Å². The number of anilines is 2. The minimum atomic E-state index is -3.69. The summed E-state index contributed by atoms with van der Waals surface area (Å²) in [4.78, 5) is 4.41. The average molecular weight is 413 g/mol. The number of aromatic nitrogens is 3. The second-order valence-electron chi connectivity index (χ2n) is 7.36. The molecule has 1 aliphatic rings. The van der Waals surface area contributed by atoms with Crippen molar-refractivity contribution in [1.29, 1.82) is 0 Å². The minimum absolute atomic E-state index is 0.0394. The molecular formula is C20H24N6O2S. The third-order valence-corrected chi connectivity index (χ3v) is 6.46. The van der Waals surface area contributed by atoms with Crippen molar-refractivity contribution in [3.8, 4) is 0 Å². The van der Waals surface area contributed by atoms with E-state index in [2.05, 4.69) is 56.5 Å². The van der Waals surface area contributed by atoms with Crippen LogP contribution in [-0.2, 0) is 10.2 Å². The molecule has 152 valence electrons. The first kappa shape index (κ1) is 19.4. The largest absolute Gasteiger partial charge is 0.347 e. The van der Waals surface area contributed by atoms with Crippen molar-refractivity contribution in [2.75, 3.05) is 24.1 Å². The number of nitrogens with one attached hydrogen (secondary N) is 2. The van der Waals surface area contributed by atoms with Crippen molar-refractivity contribution in [2.24, 2.45) is 0 Å². The van der Waals surface area contributed by atoms with Crippen molar-refractivity contribution in [3.05, 3.63) is 71.3 Å². The fourth-order valence-corrected chi connectivity index (χ4v) is 3.90. The first-order valence-electron chi connectivity index (χ1n) is 9.38. The number of benzene rings is 2. The zero-order valence-electron chi connectivity index (χ0n) is 16.6. The number of fused-ring (bicyclic) bond motifs is 1. The molecule has 2 N–H and O–H groups in total. The van der Waals surface area contributed by atoms with Gasteiger partial charge in [0, 0.05) is 14.1 Å². The molecule has 0 spiro atoms. The lowest BCUT2D eigenvalue weighted by molar-refractivity contribution is 0.431. The SMILES string of the molecule is Cc1ccc([C@@H]2C[C@H](c3ccccc3)Nc3nc(NS(=O)(=O)N(C)C)nn32)cc1. The second-order valence-corrected chi connectivity index (χ2v) is 9.25. The van der Waals surface area contributed by atoms with Gasteiger partial charge in [-0.05, 0) is 24.5 Å². The molecule has 2 atom stereocenters. The van der Waals surface area contributed by atoms with Gasteiger partial charge in [0.25, 0.3) is 5.95 Å². The van der Waals surface area contributed by atoms with Gasteiger partial charge in [0.2, 0.25) is 5.95 Å². The summed E-state index contributed by atoms with van der Waals surface area (Å²) in [6, 6.07) is 18.4. The van der Waals surface area contributed by atoms with E-state index in [0.717, 1.165) is 21.9 Å². The van der Waals surface area contributed by atoms with E-state index in [1.165, 1.54) is 19.7 Å². The monoisotopic (exact) mass is 412 g/mol. The maximum Gasteiger partial charge on any atom is 0.303 e. The van der Waals surface area contributed by atoms with Crippen molar-refractivity contribution in [2.45, 2.75) is 25.4 Å². The highest BCUT2D eigenvalue weighted by Crippen LogP contribution is 2.38. The quantitative estimate of drug-likeness (QED) is 0.672. The van der Waals surface area contributed by atoms with Crippen LogP contribution in [0.1, 0.15) is 35.2 Å². The van der Waals surface area contributed by atoms with E-state index in [-0.39, 0.29) is 18.0 Å². The molecular weight excluding hydrogens is 388 g/mol. The van der Waals surface area contributed by atoms with Gasteiger partial charge in [-0.3, -0.25) is 0 Å². The van der Waals surface area contributed by atoms with Crippen LogP contribution in [0.5, 0.6) is 0 Å². The summed E-state index contributed by atoms with van der Waals surface area (Å²) in [5.41, 5.74) is 3.43. The predicted octanol–water partition coefficient (Wildman–Crippen LogP) is 2.95. The summed E-state index contributed by atoms with van der Waals surface area (Å²) in [6.45, 7) is 2.05. The van der Waals surface area contributed by atoms with E-state index in [1.54, 1.807) is 4.68 Å². The van der Waals surface area contributed by atoms with Gasteiger partial charge in [-0.2, -0.15) is 17.7 Å². The Bertz CT molecular complexity index is 1090. The Morgan fingerprint density at radius 1 is 1.07 bits per heavy atom. The topological polar surface area (TPSA) is 92.2 Å². The fourth-order valence-electron chi connectivity index (χ4n) is 3.40. The third kappa shape index (κ3) is 3.96. The molecule has 2 aromatic carbocycles. The van der Waals surface area contributed by atoms with Crippen LogP contribution in [0.3, 0.4) is 0 Å². The molecule has 29 heavy (non-hydrogen) atoms. The summed E-state index contributed by atoms with van der Waals surface area (Å²) in [6.07, 6.45) is 0.767. The van der Waals surface area contributed by atoms with Gasteiger partial charge in [-0.25, -0.2) is 9.40 Å².